The van der Waals surface area contributed by atoms with Crippen molar-refractivity contribution in [1.29, 1.82) is 0 Å². The number of urea groups is 1. The standard InChI is InChI=1S/C16H22N4O3/c1-2-9-17-16(23)20-14(21)10-18-13-6-4-3-5-12(13)15(22)19-11-7-8-11/h3-6,11,18H,2,7-10H2,1H3,(H,19,22)(H2,17,20,21,23). The molecule has 7 nitrogen and oxygen atoms in total. The Morgan fingerprint density at radius 2 is 1.91 bits per heavy atom. The van der Waals surface area contributed by atoms with Crippen molar-refractivity contribution in [3.8, 4) is 0 Å². The van der Waals surface area contributed by atoms with Gasteiger partial charge in [-0.15, -0.1) is 0 Å². The van der Waals surface area contributed by atoms with E-state index in [-0.39, 0.29) is 18.5 Å². The van der Waals surface area contributed by atoms with Crippen LogP contribution in [0.2, 0.25) is 0 Å². The molecule has 0 atom stereocenters. The van der Waals surface area contributed by atoms with Gasteiger partial charge in [-0.1, -0.05) is 19.1 Å². The van der Waals surface area contributed by atoms with Gasteiger partial charge in [0, 0.05) is 18.3 Å². The highest BCUT2D eigenvalue weighted by atomic mass is 16.2. The van der Waals surface area contributed by atoms with Gasteiger partial charge in [0.05, 0.1) is 12.1 Å². The van der Waals surface area contributed by atoms with Gasteiger partial charge in [-0.3, -0.25) is 14.9 Å². The zero-order chi connectivity index (χ0) is 16.7. The van der Waals surface area contributed by atoms with Gasteiger partial charge in [0.2, 0.25) is 5.91 Å². The summed E-state index contributed by atoms with van der Waals surface area (Å²) in [5.41, 5.74) is 1.05. The summed E-state index contributed by atoms with van der Waals surface area (Å²) in [5, 5.41) is 10.6. The van der Waals surface area contributed by atoms with Crippen molar-refractivity contribution in [2.75, 3.05) is 18.4 Å². The number of amides is 4. The largest absolute Gasteiger partial charge is 0.375 e. The minimum absolute atomic E-state index is 0.0900. The van der Waals surface area contributed by atoms with Crippen molar-refractivity contribution in [2.45, 2.75) is 32.2 Å². The van der Waals surface area contributed by atoms with Crippen molar-refractivity contribution in [3.63, 3.8) is 0 Å². The fourth-order valence-electron chi connectivity index (χ4n) is 1.96. The highest BCUT2D eigenvalue weighted by molar-refractivity contribution is 6.01. The first kappa shape index (κ1) is 16.8. The summed E-state index contributed by atoms with van der Waals surface area (Å²) >= 11 is 0. The number of nitrogens with one attached hydrogen (secondary N) is 4. The second-order valence-electron chi connectivity index (χ2n) is 5.45. The zero-order valence-corrected chi connectivity index (χ0v) is 13.1. The maximum atomic E-state index is 12.1. The number of carbonyl (C=O) groups is 3. The van der Waals surface area contributed by atoms with E-state index < -0.39 is 11.9 Å². The van der Waals surface area contributed by atoms with Crippen LogP contribution in [0.3, 0.4) is 0 Å². The highest BCUT2D eigenvalue weighted by Crippen LogP contribution is 2.21. The molecule has 23 heavy (non-hydrogen) atoms. The molecule has 1 aliphatic rings. The van der Waals surface area contributed by atoms with Crippen LogP contribution in [0, 0.1) is 0 Å². The lowest BCUT2D eigenvalue weighted by Crippen LogP contribution is -2.42. The minimum atomic E-state index is -0.515. The molecule has 4 N–H and O–H groups in total. The average molecular weight is 318 g/mol. The summed E-state index contributed by atoms with van der Waals surface area (Å²) in [6.45, 7) is 2.34. The first-order valence-electron chi connectivity index (χ1n) is 7.81. The zero-order valence-electron chi connectivity index (χ0n) is 13.1. The predicted molar refractivity (Wildman–Crippen MR) is 87.3 cm³/mol. The molecule has 0 aliphatic heterocycles. The molecule has 1 aromatic carbocycles. The second kappa shape index (κ2) is 8.17. The Morgan fingerprint density at radius 3 is 2.61 bits per heavy atom. The van der Waals surface area contributed by atoms with Crippen LogP contribution in [0.15, 0.2) is 24.3 Å². The molecular weight excluding hydrogens is 296 g/mol. The molecule has 2 rings (SSSR count). The van der Waals surface area contributed by atoms with Crippen LogP contribution in [0.4, 0.5) is 10.5 Å². The quantitative estimate of drug-likeness (QED) is 0.607. The third-order valence-electron chi connectivity index (χ3n) is 3.31. The van der Waals surface area contributed by atoms with Gasteiger partial charge in [-0.25, -0.2) is 4.79 Å². The number of imide groups is 1. The van der Waals surface area contributed by atoms with Crippen LogP contribution in [0.1, 0.15) is 36.5 Å². The van der Waals surface area contributed by atoms with Crippen LogP contribution in [-0.2, 0) is 4.79 Å². The van der Waals surface area contributed by atoms with E-state index in [4.69, 9.17) is 0 Å². The number of carbonyl (C=O) groups excluding carboxylic acids is 3. The molecule has 0 unspecified atom stereocenters. The lowest BCUT2D eigenvalue weighted by Gasteiger charge is -2.12. The van der Waals surface area contributed by atoms with E-state index in [0.717, 1.165) is 19.3 Å². The van der Waals surface area contributed by atoms with Crippen molar-refractivity contribution in [3.05, 3.63) is 29.8 Å². The van der Waals surface area contributed by atoms with Gasteiger partial charge in [-0.2, -0.15) is 0 Å². The first-order valence-corrected chi connectivity index (χ1v) is 7.81. The summed E-state index contributed by atoms with van der Waals surface area (Å²) in [4.78, 5) is 35.3. The van der Waals surface area contributed by atoms with Crippen LogP contribution in [0.5, 0.6) is 0 Å². The molecule has 0 heterocycles. The molecule has 1 fully saturated rings. The number of rotatable bonds is 7. The Hall–Kier alpha value is -2.57. The van der Waals surface area contributed by atoms with Crippen molar-refractivity contribution in [2.24, 2.45) is 0 Å². The maximum Gasteiger partial charge on any atom is 0.321 e. The van der Waals surface area contributed by atoms with E-state index in [0.29, 0.717) is 17.8 Å². The predicted octanol–water partition coefficient (Wildman–Crippen LogP) is 1.23. The Balaban J connectivity index is 1.86. The minimum Gasteiger partial charge on any atom is -0.375 e. The summed E-state index contributed by atoms with van der Waals surface area (Å²) in [6.07, 6.45) is 2.82. The van der Waals surface area contributed by atoms with E-state index in [1.165, 1.54) is 0 Å². The van der Waals surface area contributed by atoms with Gasteiger partial charge in [0.1, 0.15) is 0 Å². The van der Waals surface area contributed by atoms with E-state index in [2.05, 4.69) is 21.3 Å². The number of benzene rings is 1. The Labute approximate surface area is 135 Å². The van der Waals surface area contributed by atoms with Crippen LogP contribution in [-0.4, -0.2) is 37.0 Å². The smallest absolute Gasteiger partial charge is 0.321 e. The van der Waals surface area contributed by atoms with E-state index >= 15 is 0 Å². The van der Waals surface area contributed by atoms with E-state index in [1.807, 2.05) is 6.92 Å². The van der Waals surface area contributed by atoms with Crippen molar-refractivity contribution < 1.29 is 14.4 Å². The van der Waals surface area contributed by atoms with Crippen molar-refractivity contribution >= 4 is 23.5 Å². The molecule has 7 heteroatoms. The molecule has 1 aliphatic carbocycles. The van der Waals surface area contributed by atoms with E-state index in [1.54, 1.807) is 24.3 Å². The number of hydrogen-bond donors (Lipinski definition) is 4. The third-order valence-corrected chi connectivity index (χ3v) is 3.31. The Morgan fingerprint density at radius 1 is 1.17 bits per heavy atom. The van der Waals surface area contributed by atoms with Gasteiger partial charge in [0.25, 0.3) is 5.91 Å². The van der Waals surface area contributed by atoms with E-state index in [9.17, 15) is 14.4 Å². The summed E-state index contributed by atoms with van der Waals surface area (Å²) < 4.78 is 0. The van der Waals surface area contributed by atoms with Crippen LogP contribution in [0.25, 0.3) is 0 Å². The topological polar surface area (TPSA) is 99.3 Å². The molecule has 4 amide bonds. The number of para-hydroxylation sites is 1. The fraction of sp³-hybridized carbons (Fsp3) is 0.438. The molecule has 1 aromatic rings. The van der Waals surface area contributed by atoms with Crippen molar-refractivity contribution in [1.82, 2.24) is 16.0 Å². The fourth-order valence-corrected chi connectivity index (χ4v) is 1.96. The van der Waals surface area contributed by atoms with Gasteiger partial charge in [0.15, 0.2) is 0 Å². The summed E-state index contributed by atoms with van der Waals surface area (Å²) in [6, 6.07) is 6.73. The highest BCUT2D eigenvalue weighted by Gasteiger charge is 2.24. The SMILES string of the molecule is CCCNC(=O)NC(=O)CNc1ccccc1C(=O)NC1CC1. The Kier molecular flexibility index (Phi) is 5.96. The molecule has 1 saturated carbocycles. The number of hydrogen-bond acceptors (Lipinski definition) is 4. The number of anilines is 1. The molecule has 0 aromatic heterocycles. The summed E-state index contributed by atoms with van der Waals surface area (Å²) in [5.74, 6) is -0.618. The van der Waals surface area contributed by atoms with Gasteiger partial charge < -0.3 is 16.0 Å². The van der Waals surface area contributed by atoms with Crippen LogP contribution >= 0.6 is 0 Å². The van der Waals surface area contributed by atoms with Crippen LogP contribution < -0.4 is 21.3 Å². The molecule has 0 spiro atoms. The third kappa shape index (κ3) is 5.61. The average Bonchev–Trinajstić information content (AvgIpc) is 3.35. The summed E-state index contributed by atoms with van der Waals surface area (Å²) in [7, 11) is 0. The lowest BCUT2D eigenvalue weighted by molar-refractivity contribution is -0.118. The van der Waals surface area contributed by atoms with Gasteiger partial charge >= 0.3 is 6.03 Å². The monoisotopic (exact) mass is 318 g/mol. The first-order chi connectivity index (χ1) is 11.1. The van der Waals surface area contributed by atoms with Gasteiger partial charge in [-0.05, 0) is 31.4 Å². The molecule has 124 valence electrons. The molecular formula is C16H22N4O3. The molecule has 0 saturated heterocycles. The maximum absolute atomic E-state index is 12.1. The molecule has 0 bridgehead atoms. The Bertz CT molecular complexity index is 584. The normalized spacial score (nSPS) is 13.1. The lowest BCUT2D eigenvalue weighted by atomic mass is 10.1. The molecule has 0 radical (unpaired) electrons. The second-order valence-corrected chi connectivity index (χ2v) is 5.45.